The molecule has 2 heteroatoms. The third kappa shape index (κ3) is 1.63. The first-order valence-corrected chi connectivity index (χ1v) is 4.76. The maximum Gasteiger partial charge on any atom is 0.0498 e. The summed E-state index contributed by atoms with van der Waals surface area (Å²) in [4.78, 5) is 1.27. The molecule has 0 saturated carbocycles. The third-order valence-corrected chi connectivity index (χ3v) is 3.37. The molecule has 0 saturated heterocycles. The van der Waals surface area contributed by atoms with E-state index in [4.69, 9.17) is 5.73 Å². The molecule has 0 unspecified atom stereocenters. The molecule has 1 nitrogen and oxygen atoms in total. The molecule has 0 aliphatic rings. The number of hydrogen-bond acceptors (Lipinski definition) is 2. The topological polar surface area (TPSA) is 26.0 Å². The second-order valence-electron chi connectivity index (χ2n) is 3.41. The van der Waals surface area contributed by atoms with Crippen LogP contribution in [0.4, 0.5) is 0 Å². The molecule has 0 aromatic carbocycles. The molecular formula is C9H15NS. The quantitative estimate of drug-likeness (QED) is 0.723. The summed E-state index contributed by atoms with van der Waals surface area (Å²) in [6.45, 7) is 6.39. The summed E-state index contributed by atoms with van der Waals surface area (Å²) in [6.07, 6.45) is 0. The van der Waals surface area contributed by atoms with Crippen molar-refractivity contribution in [1.29, 1.82) is 0 Å². The number of rotatable bonds is 2. The van der Waals surface area contributed by atoms with E-state index in [9.17, 15) is 0 Å². The van der Waals surface area contributed by atoms with Gasteiger partial charge in [-0.2, -0.15) is 0 Å². The molecular weight excluding hydrogens is 154 g/mol. The van der Waals surface area contributed by atoms with Gasteiger partial charge in [-0.15, -0.1) is 11.3 Å². The molecule has 0 spiro atoms. The minimum Gasteiger partial charge on any atom is -0.321 e. The van der Waals surface area contributed by atoms with E-state index >= 15 is 0 Å². The van der Waals surface area contributed by atoms with Crippen LogP contribution in [0, 0.1) is 5.92 Å². The number of thiophene rings is 1. The van der Waals surface area contributed by atoms with E-state index in [-0.39, 0.29) is 5.54 Å². The van der Waals surface area contributed by atoms with Gasteiger partial charge in [-0.05, 0) is 24.3 Å². The lowest BCUT2D eigenvalue weighted by atomic mass is 9.88. The molecule has 1 atom stereocenters. The SMILES string of the molecule is CC(C)[C@@](C)(N)c1cccs1. The predicted molar refractivity (Wildman–Crippen MR) is 50.7 cm³/mol. The Morgan fingerprint density at radius 3 is 2.55 bits per heavy atom. The minimum absolute atomic E-state index is 0.159. The molecule has 0 aliphatic carbocycles. The Hall–Kier alpha value is -0.340. The highest BCUT2D eigenvalue weighted by atomic mass is 32.1. The fourth-order valence-electron chi connectivity index (χ4n) is 0.870. The largest absolute Gasteiger partial charge is 0.321 e. The molecule has 11 heavy (non-hydrogen) atoms. The summed E-state index contributed by atoms with van der Waals surface area (Å²) in [5.74, 6) is 0.487. The smallest absolute Gasteiger partial charge is 0.0498 e. The maximum atomic E-state index is 6.14. The Kier molecular flexibility index (Phi) is 2.35. The predicted octanol–water partition coefficient (Wildman–Crippen LogP) is 2.58. The zero-order valence-corrected chi connectivity index (χ0v) is 8.11. The molecule has 1 rings (SSSR count). The van der Waals surface area contributed by atoms with Crippen molar-refractivity contribution in [3.8, 4) is 0 Å². The monoisotopic (exact) mass is 169 g/mol. The first-order chi connectivity index (χ1) is 5.05. The van der Waals surface area contributed by atoms with Crippen molar-refractivity contribution in [2.75, 3.05) is 0 Å². The van der Waals surface area contributed by atoms with Crippen molar-refractivity contribution < 1.29 is 0 Å². The first kappa shape index (κ1) is 8.75. The van der Waals surface area contributed by atoms with Gasteiger partial charge in [0.2, 0.25) is 0 Å². The van der Waals surface area contributed by atoms with Gasteiger partial charge < -0.3 is 5.73 Å². The number of hydrogen-bond donors (Lipinski definition) is 1. The van der Waals surface area contributed by atoms with Crippen LogP contribution in [-0.2, 0) is 5.54 Å². The average molecular weight is 169 g/mol. The van der Waals surface area contributed by atoms with Crippen LogP contribution in [0.25, 0.3) is 0 Å². The molecule has 0 fully saturated rings. The average Bonchev–Trinajstić information content (AvgIpc) is 2.37. The molecule has 2 N–H and O–H groups in total. The second kappa shape index (κ2) is 2.95. The highest BCUT2D eigenvalue weighted by molar-refractivity contribution is 7.10. The van der Waals surface area contributed by atoms with Gasteiger partial charge in [0.25, 0.3) is 0 Å². The van der Waals surface area contributed by atoms with Gasteiger partial charge in [0.05, 0.1) is 0 Å². The third-order valence-electron chi connectivity index (χ3n) is 2.25. The van der Waals surface area contributed by atoms with Crippen LogP contribution in [0.5, 0.6) is 0 Å². The van der Waals surface area contributed by atoms with Gasteiger partial charge >= 0.3 is 0 Å². The van der Waals surface area contributed by atoms with Crippen molar-refractivity contribution in [1.82, 2.24) is 0 Å². The Morgan fingerprint density at radius 2 is 2.18 bits per heavy atom. The lowest BCUT2D eigenvalue weighted by Crippen LogP contribution is -2.37. The molecule has 0 radical (unpaired) electrons. The number of nitrogens with two attached hydrogens (primary N) is 1. The van der Waals surface area contributed by atoms with E-state index in [1.54, 1.807) is 11.3 Å². The van der Waals surface area contributed by atoms with Crippen molar-refractivity contribution in [3.05, 3.63) is 22.4 Å². The first-order valence-electron chi connectivity index (χ1n) is 3.88. The van der Waals surface area contributed by atoms with Gasteiger partial charge in [0.15, 0.2) is 0 Å². The Labute approximate surface area is 72.2 Å². The Morgan fingerprint density at radius 1 is 1.55 bits per heavy atom. The molecule has 1 aromatic rings. The van der Waals surface area contributed by atoms with Gasteiger partial charge in [-0.3, -0.25) is 0 Å². The van der Waals surface area contributed by atoms with Gasteiger partial charge in [-0.25, -0.2) is 0 Å². The highest BCUT2D eigenvalue weighted by Crippen LogP contribution is 2.29. The summed E-state index contributed by atoms with van der Waals surface area (Å²) in [5.41, 5.74) is 5.98. The fraction of sp³-hybridized carbons (Fsp3) is 0.556. The zero-order chi connectivity index (χ0) is 8.48. The lowest BCUT2D eigenvalue weighted by molar-refractivity contribution is 0.357. The molecule has 0 bridgehead atoms. The van der Waals surface area contributed by atoms with Crippen LogP contribution in [0.15, 0.2) is 17.5 Å². The standard InChI is InChI=1S/C9H15NS/c1-7(2)9(3,10)8-5-4-6-11-8/h4-7H,10H2,1-3H3/t9-/m1/s1. The van der Waals surface area contributed by atoms with E-state index in [2.05, 4.69) is 32.2 Å². The summed E-state index contributed by atoms with van der Waals surface area (Å²) in [6, 6.07) is 4.15. The summed E-state index contributed by atoms with van der Waals surface area (Å²) >= 11 is 1.73. The van der Waals surface area contributed by atoms with Gasteiger partial charge in [-0.1, -0.05) is 19.9 Å². The van der Waals surface area contributed by atoms with Crippen LogP contribution in [-0.4, -0.2) is 0 Å². The zero-order valence-electron chi connectivity index (χ0n) is 7.29. The summed E-state index contributed by atoms with van der Waals surface area (Å²) in [7, 11) is 0. The van der Waals surface area contributed by atoms with Crippen LogP contribution in [0.1, 0.15) is 25.6 Å². The summed E-state index contributed by atoms with van der Waals surface area (Å²) in [5, 5.41) is 2.07. The van der Waals surface area contributed by atoms with E-state index in [1.165, 1.54) is 4.88 Å². The van der Waals surface area contributed by atoms with Crippen LogP contribution in [0.3, 0.4) is 0 Å². The molecule has 1 aromatic heterocycles. The fourth-order valence-corrected chi connectivity index (χ4v) is 1.82. The second-order valence-corrected chi connectivity index (χ2v) is 4.36. The van der Waals surface area contributed by atoms with Crippen molar-refractivity contribution >= 4 is 11.3 Å². The Balaban J connectivity index is 2.90. The van der Waals surface area contributed by atoms with Crippen molar-refractivity contribution in [2.24, 2.45) is 11.7 Å². The van der Waals surface area contributed by atoms with E-state index < -0.39 is 0 Å². The normalized spacial score (nSPS) is 16.8. The molecule has 0 amide bonds. The Bertz CT molecular complexity index is 211. The van der Waals surface area contributed by atoms with Crippen LogP contribution >= 0.6 is 11.3 Å². The maximum absolute atomic E-state index is 6.14. The lowest BCUT2D eigenvalue weighted by Gasteiger charge is -2.27. The van der Waals surface area contributed by atoms with Crippen LogP contribution < -0.4 is 5.73 Å². The van der Waals surface area contributed by atoms with Crippen LogP contribution in [0.2, 0.25) is 0 Å². The van der Waals surface area contributed by atoms with E-state index in [1.807, 2.05) is 6.07 Å². The van der Waals surface area contributed by atoms with Gasteiger partial charge in [0, 0.05) is 10.4 Å². The summed E-state index contributed by atoms with van der Waals surface area (Å²) < 4.78 is 0. The highest BCUT2D eigenvalue weighted by Gasteiger charge is 2.25. The minimum atomic E-state index is -0.159. The van der Waals surface area contributed by atoms with E-state index in [0.717, 1.165) is 0 Å². The van der Waals surface area contributed by atoms with Crippen molar-refractivity contribution in [3.63, 3.8) is 0 Å². The molecule has 1 heterocycles. The molecule has 62 valence electrons. The van der Waals surface area contributed by atoms with Gasteiger partial charge in [0.1, 0.15) is 0 Å². The van der Waals surface area contributed by atoms with Crippen molar-refractivity contribution in [2.45, 2.75) is 26.3 Å². The van der Waals surface area contributed by atoms with E-state index in [0.29, 0.717) is 5.92 Å². The molecule has 0 aliphatic heterocycles.